The van der Waals surface area contributed by atoms with E-state index in [1.54, 1.807) is 25.7 Å². The van der Waals surface area contributed by atoms with Gasteiger partial charge in [-0.25, -0.2) is 28.2 Å². The summed E-state index contributed by atoms with van der Waals surface area (Å²) in [7, 11) is -2.00. The first-order chi connectivity index (χ1) is 19.6. The number of sulfone groups is 1. The van der Waals surface area contributed by atoms with Gasteiger partial charge in [-0.2, -0.15) is 9.61 Å². The number of methoxy groups -OCH3 is 1. The lowest BCUT2D eigenvalue weighted by molar-refractivity contribution is -0.00308. The van der Waals surface area contributed by atoms with Crippen LogP contribution >= 0.6 is 0 Å². The number of hydrogen-bond acceptors (Lipinski definition) is 10. The zero-order valence-corrected chi connectivity index (χ0v) is 23.5. The van der Waals surface area contributed by atoms with E-state index in [1.165, 1.54) is 4.52 Å². The number of ether oxygens (including phenoxy) is 2. The van der Waals surface area contributed by atoms with Crippen LogP contribution in [0.15, 0.2) is 53.8 Å². The molecule has 5 rings (SSSR count). The van der Waals surface area contributed by atoms with E-state index in [4.69, 9.17) is 35.2 Å². The molecule has 0 aliphatic heterocycles. The standard InChI is InChI=1S/C26H30N6O4S.CH2O3/c1-35-12-13-36-20-10-8-17(9-11-20)22-23(37(2,33)34)24(27)32-26(31-22)21(16-30-32)19-14-28-25(29-15-19)18-6-4-3-5-7-18;2-1(3)4/h3-7,14-17,20H,8-13,27H2,1-2H3;(H2,2,3,4). The quantitative estimate of drug-likeness (QED) is 0.254. The lowest BCUT2D eigenvalue weighted by Gasteiger charge is -2.29. The monoisotopic (exact) mass is 584 g/mol. The third-order valence-corrected chi connectivity index (χ3v) is 7.89. The average Bonchev–Trinajstić information content (AvgIpc) is 3.38. The summed E-state index contributed by atoms with van der Waals surface area (Å²) in [5.41, 5.74) is 9.71. The Labute approximate surface area is 236 Å². The summed E-state index contributed by atoms with van der Waals surface area (Å²) in [6, 6.07) is 9.71. The summed E-state index contributed by atoms with van der Waals surface area (Å²) in [4.78, 5) is 22.5. The lowest BCUT2D eigenvalue weighted by atomic mass is 9.85. The van der Waals surface area contributed by atoms with E-state index >= 15 is 0 Å². The highest BCUT2D eigenvalue weighted by Gasteiger charge is 2.32. The number of nitrogen functional groups attached to an aromatic ring is 1. The molecule has 41 heavy (non-hydrogen) atoms. The van der Waals surface area contributed by atoms with Gasteiger partial charge in [0.05, 0.1) is 31.2 Å². The SMILES string of the molecule is COCCOC1CCC(c2nc3c(-c4cnc(-c5ccccc5)nc4)cnn3c(N)c2S(C)(=O)=O)CC1.O=C(O)O. The Hall–Kier alpha value is -4.14. The zero-order chi connectivity index (χ0) is 29.6. The molecule has 1 saturated carbocycles. The molecule has 1 aliphatic carbocycles. The van der Waals surface area contributed by atoms with Crippen molar-refractivity contribution in [2.45, 2.75) is 42.6 Å². The van der Waals surface area contributed by atoms with Gasteiger partial charge in [0.15, 0.2) is 21.3 Å². The minimum Gasteiger partial charge on any atom is -0.450 e. The van der Waals surface area contributed by atoms with Crippen LogP contribution in [0.3, 0.4) is 0 Å². The molecule has 4 aromatic rings. The second-order valence-corrected chi connectivity index (χ2v) is 11.5. The van der Waals surface area contributed by atoms with Gasteiger partial charge in [-0.05, 0) is 25.7 Å². The molecule has 1 fully saturated rings. The maximum Gasteiger partial charge on any atom is 0.503 e. The van der Waals surface area contributed by atoms with Crippen LogP contribution in [0.1, 0.15) is 37.3 Å². The molecule has 3 heterocycles. The number of nitrogens with two attached hydrogens (primary N) is 1. The predicted molar refractivity (Wildman–Crippen MR) is 150 cm³/mol. The van der Waals surface area contributed by atoms with Crippen LogP contribution in [0, 0.1) is 0 Å². The normalized spacial score (nSPS) is 17.1. The van der Waals surface area contributed by atoms with Crippen molar-refractivity contribution in [1.82, 2.24) is 24.6 Å². The first-order valence-corrected chi connectivity index (χ1v) is 14.8. The molecule has 0 unspecified atom stereocenters. The van der Waals surface area contributed by atoms with E-state index in [0.717, 1.165) is 43.1 Å². The van der Waals surface area contributed by atoms with E-state index in [-0.39, 0.29) is 22.7 Å². The van der Waals surface area contributed by atoms with Crippen molar-refractivity contribution in [1.29, 1.82) is 0 Å². The molecule has 0 radical (unpaired) electrons. The first kappa shape index (κ1) is 29.8. The second kappa shape index (κ2) is 13.0. The van der Waals surface area contributed by atoms with Gasteiger partial charge in [0.2, 0.25) is 0 Å². The molecule has 1 aromatic carbocycles. The molecular formula is C27H32N6O7S. The third-order valence-electron chi connectivity index (χ3n) is 6.73. The Balaban J connectivity index is 0.000000909. The Morgan fingerprint density at radius 3 is 2.24 bits per heavy atom. The molecule has 0 spiro atoms. The highest BCUT2D eigenvalue weighted by molar-refractivity contribution is 7.91. The average molecular weight is 585 g/mol. The van der Waals surface area contributed by atoms with Crippen LogP contribution in [0.4, 0.5) is 10.6 Å². The summed E-state index contributed by atoms with van der Waals surface area (Å²) >= 11 is 0. The fourth-order valence-electron chi connectivity index (χ4n) is 4.88. The van der Waals surface area contributed by atoms with Gasteiger partial charge < -0.3 is 25.4 Å². The summed E-state index contributed by atoms with van der Waals surface area (Å²) in [6.45, 7) is 1.09. The summed E-state index contributed by atoms with van der Waals surface area (Å²) in [5, 5.41) is 18.3. The predicted octanol–water partition coefficient (Wildman–Crippen LogP) is 3.75. The van der Waals surface area contributed by atoms with Crippen LogP contribution in [0.25, 0.3) is 28.2 Å². The molecule has 13 nitrogen and oxygen atoms in total. The van der Waals surface area contributed by atoms with Crippen molar-refractivity contribution >= 4 is 27.5 Å². The van der Waals surface area contributed by atoms with Gasteiger partial charge in [0.25, 0.3) is 0 Å². The first-order valence-electron chi connectivity index (χ1n) is 12.9. The molecule has 1 aliphatic rings. The number of carboxylic acid groups (broad SMARTS) is 2. The van der Waals surface area contributed by atoms with Crippen LogP contribution in [0.5, 0.6) is 0 Å². The van der Waals surface area contributed by atoms with Crippen LogP contribution < -0.4 is 5.73 Å². The van der Waals surface area contributed by atoms with Gasteiger partial charge in [0, 0.05) is 48.4 Å². The number of anilines is 1. The minimum atomic E-state index is -3.65. The van der Waals surface area contributed by atoms with E-state index < -0.39 is 16.0 Å². The van der Waals surface area contributed by atoms with E-state index in [1.807, 2.05) is 30.3 Å². The highest BCUT2D eigenvalue weighted by atomic mass is 32.2. The second-order valence-electron chi connectivity index (χ2n) is 9.56. The lowest BCUT2D eigenvalue weighted by Crippen LogP contribution is -2.24. The van der Waals surface area contributed by atoms with Gasteiger partial charge in [0.1, 0.15) is 10.7 Å². The van der Waals surface area contributed by atoms with Crippen molar-refractivity contribution in [3.05, 3.63) is 54.6 Å². The summed E-state index contributed by atoms with van der Waals surface area (Å²) < 4.78 is 38.0. The van der Waals surface area contributed by atoms with Crippen molar-refractivity contribution in [3.8, 4) is 22.5 Å². The highest BCUT2D eigenvalue weighted by Crippen LogP contribution is 2.39. The topological polar surface area (TPSA) is 192 Å². The minimum absolute atomic E-state index is 0.0501. The number of nitrogens with zero attached hydrogens (tertiary/aromatic N) is 5. The molecule has 0 saturated heterocycles. The largest absolute Gasteiger partial charge is 0.503 e. The number of aromatic nitrogens is 5. The van der Waals surface area contributed by atoms with Crippen molar-refractivity contribution < 1.29 is 32.9 Å². The van der Waals surface area contributed by atoms with Crippen LogP contribution in [-0.4, -0.2) is 82.0 Å². The molecule has 218 valence electrons. The van der Waals surface area contributed by atoms with Crippen molar-refractivity contribution in [3.63, 3.8) is 0 Å². The van der Waals surface area contributed by atoms with Gasteiger partial charge >= 0.3 is 6.16 Å². The van der Waals surface area contributed by atoms with Gasteiger partial charge in [-0.3, -0.25) is 0 Å². The van der Waals surface area contributed by atoms with E-state index in [0.29, 0.717) is 35.9 Å². The fourth-order valence-corrected chi connectivity index (χ4v) is 5.94. The van der Waals surface area contributed by atoms with Crippen molar-refractivity contribution in [2.24, 2.45) is 0 Å². The number of rotatable bonds is 8. The number of benzene rings is 1. The summed E-state index contributed by atoms with van der Waals surface area (Å²) in [6.07, 6.45) is 7.64. The molecule has 0 amide bonds. The molecule has 0 bridgehead atoms. The molecule has 14 heteroatoms. The molecule has 3 aromatic heterocycles. The summed E-state index contributed by atoms with van der Waals surface area (Å²) in [5.74, 6) is 0.616. The fraction of sp³-hybridized carbons (Fsp3) is 0.370. The molecule has 0 atom stereocenters. The third kappa shape index (κ3) is 7.14. The van der Waals surface area contributed by atoms with E-state index in [9.17, 15) is 8.42 Å². The van der Waals surface area contributed by atoms with Crippen LogP contribution in [-0.2, 0) is 19.3 Å². The Bertz CT molecular complexity index is 1580. The Morgan fingerprint density at radius 2 is 1.66 bits per heavy atom. The number of hydrogen-bond donors (Lipinski definition) is 3. The Morgan fingerprint density at radius 1 is 1.02 bits per heavy atom. The Kier molecular flexibility index (Phi) is 9.47. The van der Waals surface area contributed by atoms with E-state index in [2.05, 4.69) is 15.1 Å². The maximum absolute atomic E-state index is 12.8. The van der Waals surface area contributed by atoms with Crippen molar-refractivity contribution in [2.75, 3.05) is 32.3 Å². The van der Waals surface area contributed by atoms with Crippen LogP contribution in [0.2, 0.25) is 0 Å². The maximum atomic E-state index is 12.8. The number of fused-ring (bicyclic) bond motifs is 1. The van der Waals surface area contributed by atoms with Gasteiger partial charge in [-0.15, -0.1) is 0 Å². The zero-order valence-electron chi connectivity index (χ0n) is 22.7. The number of carbonyl (C=O) groups is 1. The smallest absolute Gasteiger partial charge is 0.450 e. The van der Waals surface area contributed by atoms with Gasteiger partial charge in [-0.1, -0.05) is 30.3 Å². The molecular weight excluding hydrogens is 552 g/mol. The molecule has 4 N–H and O–H groups in total.